The van der Waals surface area contributed by atoms with Gasteiger partial charge in [-0.1, -0.05) is 13.8 Å². The molecule has 9 nitrogen and oxygen atoms in total. The highest BCUT2D eigenvalue weighted by atomic mass is 32.2. The summed E-state index contributed by atoms with van der Waals surface area (Å²) in [6, 6.07) is 10.7. The Bertz CT molecular complexity index is 1210. The molecule has 0 bridgehead atoms. The van der Waals surface area contributed by atoms with E-state index in [0.29, 0.717) is 35.3 Å². The van der Waals surface area contributed by atoms with Gasteiger partial charge in [-0.2, -0.15) is 4.31 Å². The third-order valence-corrected chi connectivity index (χ3v) is 7.70. The number of hydrogen-bond acceptors (Lipinski definition) is 7. The van der Waals surface area contributed by atoms with E-state index >= 15 is 0 Å². The lowest BCUT2D eigenvalue weighted by Gasteiger charge is -2.20. The van der Waals surface area contributed by atoms with Crippen LogP contribution in [-0.2, 0) is 10.0 Å². The van der Waals surface area contributed by atoms with Gasteiger partial charge >= 0.3 is 0 Å². The van der Waals surface area contributed by atoms with Crippen LogP contribution in [0, 0.1) is 0 Å². The monoisotopic (exact) mass is 491 g/mol. The molecular weight excluding hydrogens is 466 g/mol. The largest absolute Gasteiger partial charge is 0.492 e. The van der Waals surface area contributed by atoms with Crippen molar-refractivity contribution in [2.45, 2.75) is 25.7 Å². The van der Waals surface area contributed by atoms with Crippen LogP contribution in [-0.4, -0.2) is 44.2 Å². The van der Waals surface area contributed by atoms with Gasteiger partial charge in [0.25, 0.3) is 11.8 Å². The lowest BCUT2D eigenvalue weighted by molar-refractivity contribution is 0.0995. The molecule has 3 aromatic rings. The van der Waals surface area contributed by atoms with Crippen molar-refractivity contribution in [2.75, 3.05) is 30.3 Å². The third kappa shape index (κ3) is 5.62. The molecule has 0 saturated carbocycles. The van der Waals surface area contributed by atoms with E-state index in [1.807, 2.05) is 0 Å². The average Bonchev–Trinajstić information content (AvgIpc) is 3.48. The highest BCUT2D eigenvalue weighted by molar-refractivity contribution is 7.89. The number of furan rings is 1. The summed E-state index contributed by atoms with van der Waals surface area (Å²) in [5, 5.41) is 5.85. The molecule has 2 aromatic heterocycles. The number of anilines is 2. The number of carbonyl (C=O) groups excluding carboxylic acids is 2. The molecule has 0 atom stereocenters. The molecule has 0 fully saturated rings. The zero-order valence-corrected chi connectivity index (χ0v) is 20.1. The van der Waals surface area contributed by atoms with Crippen LogP contribution in [0.2, 0.25) is 0 Å². The Morgan fingerprint density at radius 3 is 2.42 bits per heavy atom. The minimum Gasteiger partial charge on any atom is -0.492 e. The van der Waals surface area contributed by atoms with Crippen LogP contribution in [0.25, 0.3) is 0 Å². The van der Waals surface area contributed by atoms with Crippen molar-refractivity contribution >= 4 is 43.9 Å². The SMILES string of the molecule is CCOc1ccc(S(=O)(=O)N(CC)CC)cc1NC(=O)c1ccc(NC(=O)c2ccco2)s1. The molecular formula is C22H25N3O6S2. The van der Waals surface area contributed by atoms with Crippen molar-refractivity contribution in [1.82, 2.24) is 4.31 Å². The second-order valence-electron chi connectivity index (χ2n) is 6.73. The fourth-order valence-corrected chi connectivity index (χ4v) is 5.33. The molecule has 0 spiro atoms. The molecule has 2 N–H and O–H groups in total. The molecule has 2 heterocycles. The van der Waals surface area contributed by atoms with E-state index in [-0.39, 0.29) is 16.3 Å². The van der Waals surface area contributed by atoms with Crippen molar-refractivity contribution < 1.29 is 27.2 Å². The van der Waals surface area contributed by atoms with Gasteiger partial charge in [0.05, 0.1) is 33.3 Å². The first-order chi connectivity index (χ1) is 15.8. The summed E-state index contributed by atoms with van der Waals surface area (Å²) in [4.78, 5) is 25.4. The van der Waals surface area contributed by atoms with Gasteiger partial charge in [-0.15, -0.1) is 11.3 Å². The molecule has 0 aliphatic heterocycles. The average molecular weight is 492 g/mol. The number of carbonyl (C=O) groups is 2. The van der Waals surface area contributed by atoms with Gasteiger partial charge in [-0.3, -0.25) is 9.59 Å². The summed E-state index contributed by atoms with van der Waals surface area (Å²) in [5.41, 5.74) is 0.240. The smallest absolute Gasteiger partial charge is 0.291 e. The first-order valence-corrected chi connectivity index (χ1v) is 12.6. The molecule has 33 heavy (non-hydrogen) atoms. The summed E-state index contributed by atoms with van der Waals surface area (Å²) < 4.78 is 37.8. The van der Waals surface area contributed by atoms with Crippen molar-refractivity contribution in [3.05, 3.63) is 59.4 Å². The number of hydrogen-bond donors (Lipinski definition) is 2. The molecule has 0 aliphatic carbocycles. The predicted molar refractivity (Wildman–Crippen MR) is 127 cm³/mol. The van der Waals surface area contributed by atoms with Gasteiger partial charge < -0.3 is 19.8 Å². The van der Waals surface area contributed by atoms with Crippen LogP contribution >= 0.6 is 11.3 Å². The molecule has 0 aliphatic rings. The van der Waals surface area contributed by atoms with E-state index in [0.717, 1.165) is 11.3 Å². The number of ether oxygens (including phenoxy) is 1. The Hall–Kier alpha value is -3.15. The Kier molecular flexibility index (Phi) is 7.90. The van der Waals surface area contributed by atoms with Gasteiger partial charge in [0, 0.05) is 13.1 Å². The van der Waals surface area contributed by atoms with E-state index in [4.69, 9.17) is 9.15 Å². The summed E-state index contributed by atoms with van der Waals surface area (Å²) in [6.07, 6.45) is 1.40. The number of sulfonamides is 1. The molecule has 176 valence electrons. The summed E-state index contributed by atoms with van der Waals surface area (Å²) >= 11 is 1.07. The highest BCUT2D eigenvalue weighted by Gasteiger charge is 2.24. The summed E-state index contributed by atoms with van der Waals surface area (Å²) in [5.74, 6) is -0.382. The van der Waals surface area contributed by atoms with Gasteiger partial charge in [0.1, 0.15) is 5.75 Å². The van der Waals surface area contributed by atoms with Crippen LogP contribution in [0.3, 0.4) is 0 Å². The zero-order chi connectivity index (χ0) is 24.0. The molecule has 0 radical (unpaired) electrons. The van der Waals surface area contributed by atoms with E-state index in [1.54, 1.807) is 39.0 Å². The lowest BCUT2D eigenvalue weighted by atomic mass is 10.3. The summed E-state index contributed by atoms with van der Waals surface area (Å²) in [6.45, 7) is 6.31. The first kappa shape index (κ1) is 24.5. The van der Waals surface area contributed by atoms with Crippen LogP contribution in [0.5, 0.6) is 5.75 Å². The van der Waals surface area contributed by atoms with Crippen molar-refractivity contribution in [3.8, 4) is 5.75 Å². The maximum Gasteiger partial charge on any atom is 0.291 e. The molecule has 1 aromatic carbocycles. The standard InChI is InChI=1S/C22H25N3O6S2/c1-4-25(5-2)33(28,29)15-9-10-17(30-6-3)16(14-15)23-22(27)19-11-12-20(32-19)24-21(26)18-8-7-13-31-18/h7-14H,4-6H2,1-3H3,(H,23,27)(H,24,26). The van der Waals surface area contributed by atoms with Crippen LogP contribution < -0.4 is 15.4 Å². The van der Waals surface area contributed by atoms with Gasteiger partial charge in [-0.05, 0) is 49.4 Å². The van der Waals surface area contributed by atoms with E-state index in [9.17, 15) is 18.0 Å². The second kappa shape index (κ2) is 10.6. The number of thiophene rings is 1. The van der Waals surface area contributed by atoms with Gasteiger partial charge in [0.15, 0.2) is 5.76 Å². The quantitative estimate of drug-likeness (QED) is 0.437. The topological polar surface area (TPSA) is 118 Å². The number of benzene rings is 1. The van der Waals surface area contributed by atoms with Crippen LogP contribution in [0.15, 0.2) is 58.0 Å². The minimum atomic E-state index is -3.71. The number of nitrogens with one attached hydrogen (secondary N) is 2. The van der Waals surface area contributed by atoms with E-state index < -0.39 is 21.8 Å². The van der Waals surface area contributed by atoms with E-state index in [1.165, 1.54) is 34.8 Å². The Morgan fingerprint density at radius 2 is 1.79 bits per heavy atom. The van der Waals surface area contributed by atoms with Crippen LogP contribution in [0.4, 0.5) is 10.7 Å². The maximum absolute atomic E-state index is 12.9. The molecule has 0 saturated heterocycles. The minimum absolute atomic E-state index is 0.0579. The van der Waals surface area contributed by atoms with Crippen molar-refractivity contribution in [3.63, 3.8) is 0 Å². The lowest BCUT2D eigenvalue weighted by Crippen LogP contribution is -2.30. The first-order valence-electron chi connectivity index (χ1n) is 10.3. The van der Waals surface area contributed by atoms with Crippen LogP contribution in [0.1, 0.15) is 41.0 Å². The normalized spacial score (nSPS) is 11.4. The third-order valence-electron chi connectivity index (χ3n) is 4.65. The van der Waals surface area contributed by atoms with Crippen molar-refractivity contribution in [1.29, 1.82) is 0 Å². The molecule has 11 heteroatoms. The molecule has 0 unspecified atom stereocenters. The number of nitrogens with zero attached hydrogens (tertiary/aromatic N) is 1. The van der Waals surface area contributed by atoms with E-state index in [2.05, 4.69) is 10.6 Å². The predicted octanol–water partition coefficient (Wildman–Crippen LogP) is 4.27. The number of rotatable bonds is 10. The summed E-state index contributed by atoms with van der Waals surface area (Å²) in [7, 11) is -3.71. The Morgan fingerprint density at radius 1 is 1.03 bits per heavy atom. The molecule has 2 amide bonds. The Balaban J connectivity index is 1.82. The van der Waals surface area contributed by atoms with Gasteiger partial charge in [0.2, 0.25) is 10.0 Å². The fraction of sp³-hybridized carbons (Fsp3) is 0.273. The maximum atomic E-state index is 12.9. The fourth-order valence-electron chi connectivity index (χ4n) is 3.05. The zero-order valence-electron chi connectivity index (χ0n) is 18.5. The second-order valence-corrected chi connectivity index (χ2v) is 9.75. The highest BCUT2D eigenvalue weighted by Crippen LogP contribution is 2.31. The molecule has 3 rings (SSSR count). The van der Waals surface area contributed by atoms with Crippen molar-refractivity contribution in [2.24, 2.45) is 0 Å². The Labute approximate surface area is 196 Å². The number of amides is 2. The van der Waals surface area contributed by atoms with Gasteiger partial charge in [-0.25, -0.2) is 8.42 Å².